The molecular formula is C19H15F3N2O4S2. The van der Waals surface area contributed by atoms with E-state index in [4.69, 9.17) is 4.74 Å². The molecule has 0 radical (unpaired) electrons. The van der Waals surface area contributed by atoms with Crippen LogP contribution in [-0.2, 0) is 14.3 Å². The van der Waals surface area contributed by atoms with Crippen molar-refractivity contribution in [2.24, 2.45) is 5.92 Å². The summed E-state index contributed by atoms with van der Waals surface area (Å²) in [6.45, 7) is 0. The van der Waals surface area contributed by atoms with Crippen molar-refractivity contribution in [3.63, 3.8) is 0 Å². The molecule has 1 aliphatic heterocycles. The van der Waals surface area contributed by atoms with Crippen LogP contribution >= 0.6 is 22.7 Å². The lowest BCUT2D eigenvalue weighted by Gasteiger charge is -2.33. The average Bonchev–Trinajstić information content (AvgIpc) is 3.36. The van der Waals surface area contributed by atoms with Crippen LogP contribution < -0.4 is 5.32 Å². The summed E-state index contributed by atoms with van der Waals surface area (Å²) in [6.07, 6.45) is -1.04. The number of carbonyl (C=O) groups is 3. The molecule has 2 atom stereocenters. The molecule has 0 saturated heterocycles. The zero-order valence-electron chi connectivity index (χ0n) is 15.3. The summed E-state index contributed by atoms with van der Waals surface area (Å²) in [7, 11) is 0. The zero-order chi connectivity index (χ0) is 21.5. The lowest BCUT2D eigenvalue weighted by atomic mass is 9.80. The Labute approximate surface area is 176 Å². The number of alkyl halides is 3. The van der Waals surface area contributed by atoms with Crippen LogP contribution in [0.3, 0.4) is 0 Å². The number of thiazole rings is 1. The summed E-state index contributed by atoms with van der Waals surface area (Å²) in [4.78, 5) is 40.9. The van der Waals surface area contributed by atoms with Crippen molar-refractivity contribution < 1.29 is 32.3 Å². The number of carbonyl (C=O) groups excluding carboxylic acids is 3. The highest BCUT2D eigenvalue weighted by Crippen LogP contribution is 2.38. The van der Waals surface area contributed by atoms with E-state index in [1.807, 2.05) is 0 Å². The van der Waals surface area contributed by atoms with Crippen molar-refractivity contribution in [3.05, 3.63) is 34.2 Å². The molecule has 2 aromatic rings. The Morgan fingerprint density at radius 3 is 2.70 bits per heavy atom. The van der Waals surface area contributed by atoms with Gasteiger partial charge in [-0.05, 0) is 30.7 Å². The number of rotatable bonds is 4. The van der Waals surface area contributed by atoms with Gasteiger partial charge >= 0.3 is 6.18 Å². The lowest BCUT2D eigenvalue weighted by Crippen LogP contribution is -2.39. The van der Waals surface area contributed by atoms with Crippen LogP contribution in [0.1, 0.15) is 35.4 Å². The summed E-state index contributed by atoms with van der Waals surface area (Å²) >= 11 is 1.54. The Morgan fingerprint density at radius 1 is 1.23 bits per heavy atom. The first-order valence-electron chi connectivity index (χ1n) is 9.13. The third kappa shape index (κ3) is 3.91. The molecule has 11 heteroatoms. The molecule has 4 rings (SSSR count). The number of ketones is 2. The first-order chi connectivity index (χ1) is 14.3. The van der Waals surface area contributed by atoms with Gasteiger partial charge in [-0.2, -0.15) is 13.2 Å². The quantitative estimate of drug-likeness (QED) is 0.537. The fourth-order valence-electron chi connectivity index (χ4n) is 3.54. The van der Waals surface area contributed by atoms with E-state index in [1.165, 1.54) is 6.07 Å². The highest BCUT2D eigenvalue weighted by atomic mass is 32.1. The number of fused-ring (bicyclic) bond motifs is 1. The van der Waals surface area contributed by atoms with Gasteiger partial charge in [0, 0.05) is 0 Å². The fraction of sp³-hybridized carbons (Fsp3) is 0.368. The molecule has 3 heterocycles. The molecule has 0 aromatic carbocycles. The lowest BCUT2D eigenvalue weighted by molar-refractivity contribution is -0.129. The number of nitrogens with zero attached hydrogens (tertiary/aromatic N) is 1. The van der Waals surface area contributed by atoms with Crippen LogP contribution in [0.25, 0.3) is 10.6 Å². The van der Waals surface area contributed by atoms with Crippen molar-refractivity contribution in [1.82, 2.24) is 4.98 Å². The molecular weight excluding hydrogens is 441 g/mol. The molecule has 158 valence electrons. The second kappa shape index (κ2) is 7.95. The predicted molar refractivity (Wildman–Crippen MR) is 104 cm³/mol. The van der Waals surface area contributed by atoms with Gasteiger partial charge in [0.25, 0.3) is 11.7 Å². The summed E-state index contributed by atoms with van der Waals surface area (Å²) < 4.78 is 44.5. The van der Waals surface area contributed by atoms with Gasteiger partial charge in [0.2, 0.25) is 0 Å². The summed E-state index contributed by atoms with van der Waals surface area (Å²) in [5.41, 5.74) is -0.352. The number of aromatic nitrogens is 1. The minimum absolute atomic E-state index is 0.153. The molecule has 1 fully saturated rings. The molecule has 0 spiro atoms. The second-order valence-electron chi connectivity index (χ2n) is 6.92. The Bertz CT molecular complexity index is 1030. The first kappa shape index (κ1) is 20.7. The van der Waals surface area contributed by atoms with E-state index >= 15 is 0 Å². The molecule has 2 aliphatic rings. The van der Waals surface area contributed by atoms with Gasteiger partial charge in [0.1, 0.15) is 22.2 Å². The maximum atomic E-state index is 13.0. The van der Waals surface area contributed by atoms with Crippen molar-refractivity contribution in [2.45, 2.75) is 38.0 Å². The minimum Gasteiger partial charge on any atom is -0.496 e. The average molecular weight is 456 g/mol. The monoisotopic (exact) mass is 456 g/mol. The van der Waals surface area contributed by atoms with Gasteiger partial charge in [-0.25, -0.2) is 4.98 Å². The van der Waals surface area contributed by atoms with E-state index in [2.05, 4.69) is 10.3 Å². The number of Topliss-reactive ketones (excluding diaryl/α,β-unsaturated/α-hetero) is 2. The number of halogens is 3. The smallest absolute Gasteiger partial charge is 0.455 e. The van der Waals surface area contributed by atoms with Gasteiger partial charge in [0.05, 0.1) is 17.1 Å². The van der Waals surface area contributed by atoms with Crippen LogP contribution in [0.4, 0.5) is 18.3 Å². The maximum absolute atomic E-state index is 13.0. The number of ether oxygens (including phenoxy) is 1. The molecule has 30 heavy (non-hydrogen) atoms. The van der Waals surface area contributed by atoms with Gasteiger partial charge in [-0.3, -0.25) is 19.7 Å². The Balaban J connectivity index is 1.60. The van der Waals surface area contributed by atoms with Crippen LogP contribution in [0.5, 0.6) is 0 Å². The van der Waals surface area contributed by atoms with Crippen LogP contribution in [0.15, 0.2) is 29.3 Å². The Hall–Kier alpha value is -2.53. The molecule has 1 aliphatic carbocycles. The van der Waals surface area contributed by atoms with Crippen molar-refractivity contribution in [3.8, 4) is 10.6 Å². The standard InChI is InChI=1S/C19H15F3N2O4S2/c20-19(21,22)16(26)15-13(12-6-3-7-29-12)23-18(30-15)24-17(27)10-8-28-11-5-2-1-4-9(11)14(10)25/h3,6-9,11H,1-2,4-5H2,(H,23,24,27). The highest BCUT2D eigenvalue weighted by Gasteiger charge is 2.43. The summed E-state index contributed by atoms with van der Waals surface area (Å²) in [6, 6.07) is 3.14. The minimum atomic E-state index is -5.08. The number of anilines is 1. The highest BCUT2D eigenvalue weighted by molar-refractivity contribution is 7.19. The molecule has 1 N–H and O–H groups in total. The summed E-state index contributed by atoms with van der Waals surface area (Å²) in [5, 5.41) is 3.79. The predicted octanol–water partition coefficient (Wildman–Crippen LogP) is 4.60. The number of nitrogens with one attached hydrogen (secondary N) is 1. The van der Waals surface area contributed by atoms with Gasteiger partial charge in [0.15, 0.2) is 10.9 Å². The van der Waals surface area contributed by atoms with Gasteiger partial charge in [-0.1, -0.05) is 23.8 Å². The summed E-state index contributed by atoms with van der Waals surface area (Å²) in [5.74, 6) is -3.60. The molecule has 1 saturated carbocycles. The molecule has 1 amide bonds. The number of amides is 1. The molecule has 6 nitrogen and oxygen atoms in total. The topological polar surface area (TPSA) is 85.4 Å². The van der Waals surface area contributed by atoms with E-state index in [-0.39, 0.29) is 28.3 Å². The SMILES string of the molecule is O=C(Nc1nc(-c2cccs2)c(C(=O)C(F)(F)F)s1)C1=COC2CCCCC2C1=O. The van der Waals surface area contributed by atoms with E-state index in [0.29, 0.717) is 22.6 Å². The normalized spacial score (nSPS) is 21.4. The van der Waals surface area contributed by atoms with E-state index in [0.717, 1.165) is 36.9 Å². The first-order valence-corrected chi connectivity index (χ1v) is 10.8. The number of thiophene rings is 1. The van der Waals surface area contributed by atoms with Crippen LogP contribution in [0.2, 0.25) is 0 Å². The molecule has 2 unspecified atom stereocenters. The van der Waals surface area contributed by atoms with E-state index in [1.54, 1.807) is 11.4 Å². The largest absolute Gasteiger partial charge is 0.496 e. The van der Waals surface area contributed by atoms with Crippen LogP contribution in [-0.4, -0.2) is 34.7 Å². The maximum Gasteiger partial charge on any atom is 0.455 e. The zero-order valence-corrected chi connectivity index (χ0v) is 17.0. The van der Waals surface area contributed by atoms with E-state index in [9.17, 15) is 27.6 Å². The second-order valence-corrected chi connectivity index (χ2v) is 8.86. The van der Waals surface area contributed by atoms with E-state index < -0.39 is 28.7 Å². The fourth-order valence-corrected chi connectivity index (χ4v) is 5.26. The van der Waals surface area contributed by atoms with Crippen LogP contribution in [0, 0.1) is 5.92 Å². The molecule has 0 bridgehead atoms. The van der Waals surface area contributed by atoms with Crippen molar-refractivity contribution >= 4 is 45.3 Å². The van der Waals surface area contributed by atoms with Gasteiger partial charge in [-0.15, -0.1) is 11.3 Å². The van der Waals surface area contributed by atoms with Gasteiger partial charge < -0.3 is 4.74 Å². The molecule has 2 aromatic heterocycles. The Kier molecular flexibility index (Phi) is 5.49. The third-order valence-corrected chi connectivity index (χ3v) is 6.82. The number of hydrogen-bond donors (Lipinski definition) is 1. The number of hydrogen-bond acceptors (Lipinski definition) is 7. The third-order valence-electron chi connectivity index (χ3n) is 4.98. The Morgan fingerprint density at radius 2 is 2.00 bits per heavy atom. The van der Waals surface area contributed by atoms with Crippen molar-refractivity contribution in [2.75, 3.05) is 5.32 Å². The van der Waals surface area contributed by atoms with Crippen molar-refractivity contribution in [1.29, 1.82) is 0 Å².